The zero-order valence-electron chi connectivity index (χ0n) is 15.6. The van der Waals surface area contributed by atoms with Crippen LogP contribution in [0.1, 0.15) is 39.8 Å². The number of halogens is 2. The highest BCUT2D eigenvalue weighted by Crippen LogP contribution is 2.41. The minimum Gasteiger partial charge on any atom is -0.494 e. The van der Waals surface area contributed by atoms with E-state index in [-0.39, 0.29) is 17.0 Å². The van der Waals surface area contributed by atoms with Gasteiger partial charge in [-0.25, -0.2) is 9.37 Å². The molecule has 0 unspecified atom stereocenters. The molecule has 1 fully saturated rings. The van der Waals surface area contributed by atoms with Gasteiger partial charge in [-0.3, -0.25) is 15.1 Å². The van der Waals surface area contributed by atoms with Crippen LogP contribution in [0.4, 0.5) is 9.52 Å². The maximum atomic E-state index is 13.1. The number of hydrogen-bond acceptors (Lipinski definition) is 7. The molecule has 0 radical (unpaired) electrons. The second-order valence-electron chi connectivity index (χ2n) is 6.74. The number of ether oxygens (including phenoxy) is 1. The number of hydrogen-bond donors (Lipinski definition) is 1. The van der Waals surface area contributed by atoms with Gasteiger partial charge in [0.05, 0.1) is 18.9 Å². The summed E-state index contributed by atoms with van der Waals surface area (Å²) in [7, 11) is 1.52. The Kier molecular flexibility index (Phi) is 5.42. The topological polar surface area (TPSA) is 89.9 Å². The van der Waals surface area contributed by atoms with Gasteiger partial charge in [0, 0.05) is 28.9 Å². The van der Waals surface area contributed by atoms with Crippen molar-refractivity contribution in [2.45, 2.75) is 31.9 Å². The number of anilines is 1. The zero-order chi connectivity index (χ0) is 20.5. The summed E-state index contributed by atoms with van der Waals surface area (Å²) >= 11 is 7.32. The SMILES string of the molecule is COc1cnc(Cl)cc1-c1cc(C)ncc1C(=O)Nc1nnc([C@H]2C[C@@H](F)C2)s1. The number of aryl methyl sites for hydroxylation is 1. The molecule has 7 nitrogen and oxygen atoms in total. The molecule has 0 bridgehead atoms. The molecule has 0 aliphatic heterocycles. The number of methoxy groups -OCH3 is 1. The van der Waals surface area contributed by atoms with E-state index in [1.807, 2.05) is 6.92 Å². The predicted molar refractivity (Wildman–Crippen MR) is 109 cm³/mol. The maximum absolute atomic E-state index is 13.1. The fraction of sp³-hybridized carbons (Fsp3) is 0.316. The third-order valence-electron chi connectivity index (χ3n) is 4.72. The average Bonchev–Trinajstić information content (AvgIpc) is 3.13. The molecule has 0 spiro atoms. The summed E-state index contributed by atoms with van der Waals surface area (Å²) in [6.07, 6.45) is 3.14. The van der Waals surface area contributed by atoms with Gasteiger partial charge in [-0.05, 0) is 31.9 Å². The molecule has 0 atom stereocenters. The van der Waals surface area contributed by atoms with Crippen molar-refractivity contribution in [2.75, 3.05) is 12.4 Å². The van der Waals surface area contributed by atoms with Gasteiger partial charge < -0.3 is 4.74 Å². The Morgan fingerprint density at radius 2 is 2.03 bits per heavy atom. The number of pyridine rings is 2. The first-order valence-corrected chi connectivity index (χ1v) is 10.1. The number of aromatic nitrogens is 4. The maximum Gasteiger partial charge on any atom is 0.259 e. The first-order valence-electron chi connectivity index (χ1n) is 8.90. The van der Waals surface area contributed by atoms with Crippen LogP contribution in [0.5, 0.6) is 5.75 Å². The molecule has 1 aliphatic rings. The van der Waals surface area contributed by atoms with Crippen molar-refractivity contribution in [3.05, 3.63) is 45.9 Å². The number of nitrogens with one attached hydrogen (secondary N) is 1. The van der Waals surface area contributed by atoms with Crippen LogP contribution in [0.25, 0.3) is 11.1 Å². The van der Waals surface area contributed by atoms with Crippen molar-refractivity contribution < 1.29 is 13.9 Å². The van der Waals surface area contributed by atoms with Gasteiger partial charge in [0.1, 0.15) is 22.1 Å². The Morgan fingerprint density at radius 3 is 2.76 bits per heavy atom. The lowest BCUT2D eigenvalue weighted by Gasteiger charge is -2.26. The first kappa shape index (κ1) is 19.7. The molecule has 3 heterocycles. The van der Waals surface area contributed by atoms with Crippen LogP contribution in [0.2, 0.25) is 5.15 Å². The molecule has 1 amide bonds. The average molecular weight is 434 g/mol. The Morgan fingerprint density at radius 1 is 1.24 bits per heavy atom. The van der Waals surface area contributed by atoms with Gasteiger partial charge in [-0.2, -0.15) is 0 Å². The van der Waals surface area contributed by atoms with Gasteiger partial charge in [0.2, 0.25) is 5.13 Å². The van der Waals surface area contributed by atoms with Crippen LogP contribution >= 0.6 is 22.9 Å². The molecule has 29 heavy (non-hydrogen) atoms. The van der Waals surface area contributed by atoms with Crippen molar-refractivity contribution >= 4 is 34.0 Å². The summed E-state index contributed by atoms with van der Waals surface area (Å²) in [5, 5.41) is 12.2. The summed E-state index contributed by atoms with van der Waals surface area (Å²) in [4.78, 5) is 21.2. The number of amides is 1. The highest BCUT2D eigenvalue weighted by Gasteiger charge is 2.33. The van der Waals surface area contributed by atoms with Gasteiger partial charge in [-0.15, -0.1) is 10.2 Å². The van der Waals surface area contributed by atoms with E-state index in [4.69, 9.17) is 16.3 Å². The Balaban J connectivity index is 1.64. The molecule has 4 rings (SSSR count). The standard InChI is InChI=1S/C19H17ClFN5O2S/c1-9-3-12(13-6-16(20)23-8-15(13)28-2)14(7-22-9)17(27)24-19-26-25-18(29-19)10-4-11(21)5-10/h3,6-8,10-11H,4-5H2,1-2H3,(H,24,26,27)/t10-,11+. The van der Waals surface area contributed by atoms with E-state index in [2.05, 4.69) is 25.5 Å². The lowest BCUT2D eigenvalue weighted by Crippen LogP contribution is -2.22. The molecular formula is C19H17ClFN5O2S. The minimum absolute atomic E-state index is 0.0768. The largest absolute Gasteiger partial charge is 0.494 e. The fourth-order valence-electron chi connectivity index (χ4n) is 3.12. The zero-order valence-corrected chi connectivity index (χ0v) is 17.2. The van der Waals surface area contributed by atoms with Crippen LogP contribution in [-0.4, -0.2) is 39.4 Å². The molecule has 1 aliphatic carbocycles. The number of nitrogens with zero attached hydrogens (tertiary/aromatic N) is 4. The lowest BCUT2D eigenvalue weighted by atomic mass is 9.84. The summed E-state index contributed by atoms with van der Waals surface area (Å²) < 4.78 is 18.5. The molecule has 3 aromatic rings. The Bertz CT molecular complexity index is 1070. The second kappa shape index (κ2) is 8.00. The predicted octanol–water partition coefficient (Wildman–Crippen LogP) is 4.43. The van der Waals surface area contributed by atoms with E-state index in [0.29, 0.717) is 40.4 Å². The summed E-state index contributed by atoms with van der Waals surface area (Å²) in [5.74, 6) is 0.174. The minimum atomic E-state index is -0.773. The van der Waals surface area contributed by atoms with E-state index < -0.39 is 6.17 Å². The second-order valence-corrected chi connectivity index (χ2v) is 8.14. The molecule has 150 valence electrons. The van der Waals surface area contributed by atoms with Crippen LogP contribution < -0.4 is 10.1 Å². The van der Waals surface area contributed by atoms with Crippen LogP contribution in [0.3, 0.4) is 0 Å². The molecular weight excluding hydrogens is 417 g/mol. The molecule has 0 saturated heterocycles. The number of rotatable bonds is 5. The van der Waals surface area contributed by atoms with Crippen molar-refractivity contribution in [2.24, 2.45) is 0 Å². The number of carbonyl (C=O) groups excluding carboxylic acids is 1. The van der Waals surface area contributed by atoms with E-state index in [9.17, 15) is 9.18 Å². The van der Waals surface area contributed by atoms with Crippen molar-refractivity contribution in [1.29, 1.82) is 0 Å². The van der Waals surface area contributed by atoms with Crippen molar-refractivity contribution in [3.63, 3.8) is 0 Å². The van der Waals surface area contributed by atoms with Gasteiger partial charge in [0.25, 0.3) is 5.91 Å². The molecule has 1 saturated carbocycles. The van der Waals surface area contributed by atoms with Gasteiger partial charge in [0.15, 0.2) is 0 Å². The van der Waals surface area contributed by atoms with E-state index in [1.54, 1.807) is 12.1 Å². The van der Waals surface area contributed by atoms with Gasteiger partial charge >= 0.3 is 0 Å². The van der Waals surface area contributed by atoms with E-state index in [0.717, 1.165) is 10.7 Å². The third-order valence-corrected chi connectivity index (χ3v) is 5.93. The monoisotopic (exact) mass is 433 g/mol. The van der Waals surface area contributed by atoms with Gasteiger partial charge in [-0.1, -0.05) is 22.9 Å². The normalized spacial score (nSPS) is 18.2. The molecule has 3 aromatic heterocycles. The van der Waals surface area contributed by atoms with Crippen LogP contribution in [0.15, 0.2) is 24.5 Å². The molecule has 1 N–H and O–H groups in total. The Hall–Kier alpha value is -2.65. The smallest absolute Gasteiger partial charge is 0.259 e. The highest BCUT2D eigenvalue weighted by atomic mass is 35.5. The molecule has 0 aromatic carbocycles. The first-order chi connectivity index (χ1) is 13.9. The number of carbonyl (C=O) groups is 1. The number of alkyl halides is 1. The summed E-state index contributed by atoms with van der Waals surface area (Å²) in [6.45, 7) is 1.83. The Labute approximate surface area is 175 Å². The fourth-order valence-corrected chi connectivity index (χ4v) is 4.14. The summed E-state index contributed by atoms with van der Waals surface area (Å²) in [5.41, 5.74) is 2.31. The van der Waals surface area contributed by atoms with Crippen molar-refractivity contribution in [3.8, 4) is 16.9 Å². The van der Waals surface area contributed by atoms with Crippen LogP contribution in [-0.2, 0) is 0 Å². The molecule has 10 heteroatoms. The lowest BCUT2D eigenvalue weighted by molar-refractivity contribution is 0.102. The quantitative estimate of drug-likeness (QED) is 0.598. The summed E-state index contributed by atoms with van der Waals surface area (Å²) in [6, 6.07) is 3.42. The van der Waals surface area contributed by atoms with E-state index in [1.165, 1.54) is 30.8 Å². The highest BCUT2D eigenvalue weighted by molar-refractivity contribution is 7.15. The van der Waals surface area contributed by atoms with Crippen LogP contribution in [0, 0.1) is 6.92 Å². The van der Waals surface area contributed by atoms with Crippen molar-refractivity contribution in [1.82, 2.24) is 20.2 Å². The third kappa shape index (κ3) is 4.06. The van der Waals surface area contributed by atoms with E-state index >= 15 is 0 Å².